The second-order valence-corrected chi connectivity index (χ2v) is 10.4. The van der Waals surface area contributed by atoms with E-state index in [1.807, 2.05) is 96.7 Å². The van der Waals surface area contributed by atoms with Gasteiger partial charge in [-0.25, -0.2) is 9.79 Å². The number of thiazole rings is 1. The van der Waals surface area contributed by atoms with Gasteiger partial charge >= 0.3 is 5.97 Å². The van der Waals surface area contributed by atoms with E-state index in [0.29, 0.717) is 26.4 Å². The highest BCUT2D eigenvalue weighted by Crippen LogP contribution is 2.35. The molecule has 40 heavy (non-hydrogen) atoms. The number of hydrogen-bond donors (Lipinski definition) is 0. The zero-order valence-corrected chi connectivity index (χ0v) is 23.1. The van der Waals surface area contributed by atoms with Crippen molar-refractivity contribution < 1.29 is 14.3 Å². The SMILES string of the molecule is CCOC(=O)C1=C(c2ccccc2)N=c2s/c(=C\c3cn(C)c4ccccc34)c(=O)n2[C@H]1c1ccc(OC)cc1. The molecule has 2 aromatic heterocycles. The average molecular weight is 550 g/mol. The second kappa shape index (κ2) is 10.5. The minimum Gasteiger partial charge on any atom is -0.497 e. The van der Waals surface area contributed by atoms with E-state index < -0.39 is 12.0 Å². The van der Waals surface area contributed by atoms with Crippen molar-refractivity contribution in [2.24, 2.45) is 12.0 Å². The molecule has 0 bridgehead atoms. The number of methoxy groups -OCH3 is 1. The molecule has 5 aromatic rings. The quantitative estimate of drug-likeness (QED) is 0.294. The molecule has 200 valence electrons. The van der Waals surface area contributed by atoms with Crippen molar-refractivity contribution in [1.29, 1.82) is 0 Å². The minimum absolute atomic E-state index is 0.200. The smallest absolute Gasteiger partial charge is 0.338 e. The number of carbonyl (C=O) groups is 1. The summed E-state index contributed by atoms with van der Waals surface area (Å²) in [7, 11) is 3.59. The van der Waals surface area contributed by atoms with Gasteiger partial charge in [-0.05, 0) is 36.8 Å². The molecule has 0 amide bonds. The first-order valence-electron chi connectivity index (χ1n) is 13.0. The number of aryl methyl sites for hydroxylation is 1. The van der Waals surface area contributed by atoms with E-state index in [9.17, 15) is 9.59 Å². The molecule has 7 nitrogen and oxygen atoms in total. The first-order chi connectivity index (χ1) is 19.5. The Labute approximate surface area is 234 Å². The van der Waals surface area contributed by atoms with Gasteiger partial charge in [-0.2, -0.15) is 0 Å². The lowest BCUT2D eigenvalue weighted by atomic mass is 9.93. The Morgan fingerprint density at radius 2 is 1.75 bits per heavy atom. The first-order valence-corrected chi connectivity index (χ1v) is 13.8. The predicted octanol–water partition coefficient (Wildman–Crippen LogP) is 4.44. The summed E-state index contributed by atoms with van der Waals surface area (Å²) in [6, 6.07) is 24.3. The number of nitrogens with zero attached hydrogens (tertiary/aromatic N) is 3. The Hall–Kier alpha value is -4.69. The number of esters is 1. The molecular weight excluding hydrogens is 522 g/mol. The molecule has 0 unspecified atom stereocenters. The second-order valence-electron chi connectivity index (χ2n) is 9.42. The van der Waals surface area contributed by atoms with Crippen molar-refractivity contribution in [3.63, 3.8) is 0 Å². The van der Waals surface area contributed by atoms with Crippen LogP contribution in [0.2, 0.25) is 0 Å². The van der Waals surface area contributed by atoms with Crippen LogP contribution in [-0.2, 0) is 16.6 Å². The van der Waals surface area contributed by atoms with Crippen molar-refractivity contribution in [3.8, 4) is 5.75 Å². The third-order valence-electron chi connectivity index (χ3n) is 7.02. The maximum absolute atomic E-state index is 14.1. The maximum atomic E-state index is 14.1. The minimum atomic E-state index is -0.730. The van der Waals surface area contributed by atoms with Gasteiger partial charge in [-0.3, -0.25) is 9.36 Å². The summed E-state index contributed by atoms with van der Waals surface area (Å²) in [6.07, 6.45) is 3.93. The molecule has 1 aliphatic heterocycles. The van der Waals surface area contributed by atoms with Gasteiger partial charge in [0.2, 0.25) is 0 Å². The molecule has 0 radical (unpaired) electrons. The molecule has 0 saturated heterocycles. The van der Waals surface area contributed by atoms with Gasteiger partial charge in [-0.1, -0.05) is 72.0 Å². The third-order valence-corrected chi connectivity index (χ3v) is 8.00. The molecule has 3 aromatic carbocycles. The van der Waals surface area contributed by atoms with Gasteiger partial charge in [0.15, 0.2) is 4.80 Å². The molecule has 0 spiro atoms. The summed E-state index contributed by atoms with van der Waals surface area (Å²) in [5.41, 5.74) is 4.15. The van der Waals surface area contributed by atoms with Crippen molar-refractivity contribution in [1.82, 2.24) is 9.13 Å². The Morgan fingerprint density at radius 1 is 1.02 bits per heavy atom. The molecule has 0 saturated carbocycles. The summed E-state index contributed by atoms with van der Waals surface area (Å²) in [4.78, 5) is 33.1. The lowest BCUT2D eigenvalue weighted by molar-refractivity contribution is -0.138. The van der Waals surface area contributed by atoms with Crippen LogP contribution in [0.3, 0.4) is 0 Å². The van der Waals surface area contributed by atoms with E-state index in [-0.39, 0.29) is 12.2 Å². The largest absolute Gasteiger partial charge is 0.497 e. The van der Waals surface area contributed by atoms with Crippen LogP contribution in [0.1, 0.15) is 29.7 Å². The molecule has 6 rings (SSSR count). The van der Waals surface area contributed by atoms with Crippen LogP contribution >= 0.6 is 11.3 Å². The zero-order valence-electron chi connectivity index (χ0n) is 22.3. The summed E-state index contributed by atoms with van der Waals surface area (Å²) < 4.78 is 15.1. The van der Waals surface area contributed by atoms with Crippen LogP contribution < -0.4 is 19.6 Å². The number of carbonyl (C=O) groups excluding carboxylic acids is 1. The van der Waals surface area contributed by atoms with Gasteiger partial charge < -0.3 is 14.0 Å². The van der Waals surface area contributed by atoms with Crippen molar-refractivity contribution in [2.45, 2.75) is 13.0 Å². The van der Waals surface area contributed by atoms with E-state index in [0.717, 1.165) is 27.6 Å². The Morgan fingerprint density at radius 3 is 2.48 bits per heavy atom. The maximum Gasteiger partial charge on any atom is 0.338 e. The van der Waals surface area contributed by atoms with Crippen LogP contribution in [0.15, 0.2) is 100 Å². The zero-order chi connectivity index (χ0) is 27.8. The van der Waals surface area contributed by atoms with Crippen LogP contribution in [0.25, 0.3) is 22.7 Å². The van der Waals surface area contributed by atoms with E-state index in [1.165, 1.54) is 11.3 Å². The van der Waals surface area contributed by atoms with E-state index >= 15 is 0 Å². The van der Waals surface area contributed by atoms with Crippen molar-refractivity contribution >= 4 is 40.0 Å². The number of hydrogen-bond acceptors (Lipinski definition) is 6. The summed E-state index contributed by atoms with van der Waals surface area (Å²) in [5, 5.41) is 1.06. The standard InChI is InChI=1S/C32H27N3O4S/c1-4-39-31(37)27-28(20-10-6-5-7-11-20)33-32-35(29(27)21-14-16-23(38-3)17-15-21)30(36)26(40-32)18-22-19-34(2)25-13-9-8-12-24(22)25/h5-19,29H,4H2,1-3H3/b26-18-/t29-/m0/s1. The van der Waals surface area contributed by atoms with E-state index in [4.69, 9.17) is 14.5 Å². The average Bonchev–Trinajstić information content (AvgIpc) is 3.48. The molecule has 1 atom stereocenters. The van der Waals surface area contributed by atoms with Crippen LogP contribution in [0.4, 0.5) is 0 Å². The predicted molar refractivity (Wildman–Crippen MR) is 157 cm³/mol. The van der Waals surface area contributed by atoms with E-state index in [2.05, 4.69) is 6.07 Å². The molecule has 0 N–H and O–H groups in total. The van der Waals surface area contributed by atoms with E-state index in [1.54, 1.807) is 18.6 Å². The Bertz CT molecular complexity index is 1950. The molecular formula is C32H27N3O4S. The van der Waals surface area contributed by atoms with Gasteiger partial charge in [0, 0.05) is 35.3 Å². The highest BCUT2D eigenvalue weighted by molar-refractivity contribution is 7.07. The third kappa shape index (κ3) is 4.36. The topological polar surface area (TPSA) is 74.8 Å². The number of aromatic nitrogens is 2. The molecule has 0 aliphatic carbocycles. The summed E-state index contributed by atoms with van der Waals surface area (Å²) in [6.45, 7) is 1.97. The normalized spacial score (nSPS) is 15.2. The number of ether oxygens (including phenoxy) is 2. The number of fused-ring (bicyclic) bond motifs is 2. The monoisotopic (exact) mass is 549 g/mol. The first kappa shape index (κ1) is 25.6. The van der Waals surface area contributed by atoms with Crippen molar-refractivity contribution in [2.75, 3.05) is 13.7 Å². The Balaban J connectivity index is 1.65. The fourth-order valence-electron chi connectivity index (χ4n) is 5.17. The highest BCUT2D eigenvalue weighted by atomic mass is 32.1. The number of para-hydroxylation sites is 1. The van der Waals surface area contributed by atoms with Crippen LogP contribution in [0.5, 0.6) is 5.75 Å². The Kier molecular flexibility index (Phi) is 6.69. The highest BCUT2D eigenvalue weighted by Gasteiger charge is 2.35. The van der Waals surface area contributed by atoms with Gasteiger partial charge in [0.1, 0.15) is 5.75 Å². The lowest BCUT2D eigenvalue weighted by Crippen LogP contribution is -2.40. The molecule has 1 aliphatic rings. The fourth-order valence-corrected chi connectivity index (χ4v) is 6.16. The van der Waals surface area contributed by atoms with Gasteiger partial charge in [0.25, 0.3) is 5.56 Å². The molecule has 0 fully saturated rings. The molecule has 8 heteroatoms. The summed E-state index contributed by atoms with van der Waals surface area (Å²) >= 11 is 1.31. The summed E-state index contributed by atoms with van der Waals surface area (Å²) in [5.74, 6) is 0.173. The van der Waals surface area contributed by atoms with Gasteiger partial charge in [-0.15, -0.1) is 0 Å². The molecule has 3 heterocycles. The fraction of sp³-hybridized carbons (Fsp3) is 0.156. The van der Waals surface area contributed by atoms with Crippen LogP contribution in [-0.4, -0.2) is 28.8 Å². The van der Waals surface area contributed by atoms with Crippen molar-refractivity contribution in [3.05, 3.63) is 127 Å². The number of benzene rings is 3. The number of rotatable bonds is 6. The van der Waals surface area contributed by atoms with Gasteiger partial charge in [0.05, 0.1) is 35.6 Å². The van der Waals surface area contributed by atoms with Crippen LogP contribution in [0, 0.1) is 0 Å². The lowest BCUT2D eigenvalue weighted by Gasteiger charge is -2.26.